The summed E-state index contributed by atoms with van der Waals surface area (Å²) in [6.45, 7) is 13.3. The molecule has 2 atom stereocenters. The van der Waals surface area contributed by atoms with Crippen LogP contribution in [0, 0.1) is 0 Å². The summed E-state index contributed by atoms with van der Waals surface area (Å²) in [6, 6.07) is 12.6. The first kappa shape index (κ1) is 20.4. The van der Waals surface area contributed by atoms with Crippen LogP contribution in [-0.4, -0.2) is 5.11 Å². The minimum Gasteiger partial charge on any atom is -0.508 e. The largest absolute Gasteiger partial charge is 0.508 e. The minimum absolute atomic E-state index is 0.378. The number of nitrogen functional groups attached to an aromatic ring is 1. The van der Waals surface area contributed by atoms with Gasteiger partial charge in [0.05, 0.1) is 0 Å². The first-order valence-corrected chi connectivity index (χ1v) is 9.91. The first-order valence-electron chi connectivity index (χ1n) is 9.91. The Morgan fingerprint density at radius 1 is 0.654 bits per heavy atom. The number of phenolic OH excluding ortho intramolecular Hbond substituents is 1. The van der Waals surface area contributed by atoms with Gasteiger partial charge in [0, 0.05) is 5.69 Å². The van der Waals surface area contributed by atoms with Gasteiger partial charge in [-0.05, 0) is 83.0 Å². The lowest BCUT2D eigenvalue weighted by atomic mass is 9.86. The molecule has 2 heteroatoms. The van der Waals surface area contributed by atoms with Crippen molar-refractivity contribution in [3.63, 3.8) is 0 Å². The maximum atomic E-state index is 10.0. The maximum absolute atomic E-state index is 10.0. The Morgan fingerprint density at radius 2 is 1.04 bits per heavy atom. The van der Waals surface area contributed by atoms with E-state index in [1.54, 1.807) is 0 Å². The van der Waals surface area contributed by atoms with Crippen molar-refractivity contribution in [1.82, 2.24) is 0 Å². The van der Waals surface area contributed by atoms with Gasteiger partial charge in [-0.25, -0.2) is 0 Å². The zero-order valence-corrected chi connectivity index (χ0v) is 17.2. The van der Waals surface area contributed by atoms with E-state index in [0.29, 0.717) is 29.4 Å². The van der Waals surface area contributed by atoms with Gasteiger partial charge in [-0.1, -0.05) is 53.7 Å². The number of benzene rings is 2. The fraction of sp³-hybridized carbons (Fsp3) is 0.500. The highest BCUT2D eigenvalue weighted by molar-refractivity contribution is 5.46. The molecule has 2 aromatic carbocycles. The van der Waals surface area contributed by atoms with Crippen molar-refractivity contribution >= 4 is 5.69 Å². The van der Waals surface area contributed by atoms with Crippen LogP contribution in [-0.2, 0) is 0 Å². The Morgan fingerprint density at radius 3 is 1.54 bits per heavy atom. The van der Waals surface area contributed by atoms with E-state index in [4.69, 9.17) is 5.73 Å². The van der Waals surface area contributed by atoms with E-state index in [2.05, 4.69) is 65.8 Å². The van der Waals surface area contributed by atoms with E-state index in [1.807, 2.05) is 12.1 Å². The molecule has 0 saturated heterocycles. The maximum Gasteiger partial charge on any atom is 0.116 e. The summed E-state index contributed by atoms with van der Waals surface area (Å²) < 4.78 is 0. The molecule has 2 rings (SSSR count). The molecule has 0 bridgehead atoms. The van der Waals surface area contributed by atoms with Crippen molar-refractivity contribution in [2.45, 2.75) is 78.1 Å². The van der Waals surface area contributed by atoms with Crippen LogP contribution in [0.2, 0.25) is 0 Å². The molecule has 0 spiro atoms. The summed E-state index contributed by atoms with van der Waals surface area (Å²) in [4.78, 5) is 0. The number of nitrogens with two attached hydrogens (primary N) is 1. The third-order valence-electron chi connectivity index (χ3n) is 5.47. The van der Waals surface area contributed by atoms with E-state index in [1.165, 1.54) is 22.3 Å². The van der Waals surface area contributed by atoms with Gasteiger partial charge in [-0.2, -0.15) is 0 Å². The van der Waals surface area contributed by atoms with Gasteiger partial charge in [0.25, 0.3) is 0 Å². The predicted molar refractivity (Wildman–Crippen MR) is 113 cm³/mol. The minimum atomic E-state index is 0.378. The van der Waals surface area contributed by atoms with Crippen molar-refractivity contribution in [3.05, 3.63) is 58.7 Å². The lowest BCUT2D eigenvalue weighted by Gasteiger charge is -2.19. The summed E-state index contributed by atoms with van der Waals surface area (Å²) in [5.41, 5.74) is 12.1. The second kappa shape index (κ2) is 8.62. The van der Waals surface area contributed by atoms with Crippen LogP contribution in [0.3, 0.4) is 0 Å². The molecule has 0 radical (unpaired) electrons. The Bertz CT molecular complexity index is 669. The van der Waals surface area contributed by atoms with Crippen LogP contribution in [0.15, 0.2) is 36.4 Å². The molecular weight excluding hydrogens is 318 g/mol. The molecule has 0 aliphatic rings. The molecule has 26 heavy (non-hydrogen) atoms. The monoisotopic (exact) mass is 353 g/mol. The zero-order chi connectivity index (χ0) is 19.4. The topological polar surface area (TPSA) is 46.2 Å². The second-order valence-electron chi connectivity index (χ2n) is 8.48. The summed E-state index contributed by atoms with van der Waals surface area (Å²) in [5.74, 6) is 2.19. The van der Waals surface area contributed by atoms with Crippen molar-refractivity contribution in [1.29, 1.82) is 0 Å². The van der Waals surface area contributed by atoms with Gasteiger partial charge in [-0.3, -0.25) is 0 Å². The van der Waals surface area contributed by atoms with Crippen molar-refractivity contribution in [3.8, 4) is 5.75 Å². The number of rotatable bonds is 7. The molecule has 0 amide bonds. The number of anilines is 1. The Labute approximate surface area is 159 Å². The number of phenols is 1. The summed E-state index contributed by atoms with van der Waals surface area (Å²) >= 11 is 0. The van der Waals surface area contributed by atoms with E-state index in [0.717, 1.165) is 18.5 Å². The second-order valence-corrected chi connectivity index (χ2v) is 8.48. The predicted octanol–water partition coefficient (Wildman–Crippen LogP) is 6.91. The first-order chi connectivity index (χ1) is 12.2. The molecule has 0 aliphatic heterocycles. The fourth-order valence-corrected chi connectivity index (χ4v) is 3.43. The van der Waals surface area contributed by atoms with Gasteiger partial charge in [0.2, 0.25) is 0 Å². The molecular formula is C24H35NO. The molecule has 0 saturated carbocycles. The van der Waals surface area contributed by atoms with Gasteiger partial charge < -0.3 is 10.8 Å². The Hall–Kier alpha value is -1.96. The fourth-order valence-electron chi connectivity index (χ4n) is 3.43. The van der Waals surface area contributed by atoms with Gasteiger partial charge in [0.15, 0.2) is 0 Å². The Kier molecular flexibility index (Phi) is 6.75. The van der Waals surface area contributed by atoms with Crippen LogP contribution >= 0.6 is 0 Å². The third-order valence-corrected chi connectivity index (χ3v) is 5.47. The van der Waals surface area contributed by atoms with Crippen LogP contribution in [0.25, 0.3) is 0 Å². The highest BCUT2D eigenvalue weighted by Crippen LogP contribution is 2.33. The van der Waals surface area contributed by atoms with Crippen molar-refractivity contribution < 1.29 is 5.11 Å². The summed E-state index contributed by atoms with van der Waals surface area (Å²) in [6.07, 6.45) is 2.20. The summed E-state index contributed by atoms with van der Waals surface area (Å²) in [7, 11) is 0. The average molecular weight is 354 g/mol. The molecule has 2 aromatic rings. The summed E-state index contributed by atoms with van der Waals surface area (Å²) in [5, 5.41) is 10.0. The van der Waals surface area contributed by atoms with E-state index < -0.39 is 0 Å². The van der Waals surface area contributed by atoms with Gasteiger partial charge in [0.1, 0.15) is 5.75 Å². The third kappa shape index (κ3) is 5.27. The number of aromatic hydroxyl groups is 1. The van der Waals surface area contributed by atoms with Crippen molar-refractivity contribution in [2.75, 3.05) is 5.73 Å². The molecule has 2 unspecified atom stereocenters. The van der Waals surface area contributed by atoms with Crippen LogP contribution in [0.5, 0.6) is 5.75 Å². The van der Waals surface area contributed by atoms with Gasteiger partial charge in [-0.15, -0.1) is 0 Å². The highest BCUT2D eigenvalue weighted by Gasteiger charge is 2.14. The molecule has 0 aliphatic carbocycles. The number of hydrogen-bond acceptors (Lipinski definition) is 2. The molecule has 0 fully saturated rings. The molecule has 2 nitrogen and oxygen atoms in total. The normalized spacial score (nSPS) is 14.0. The van der Waals surface area contributed by atoms with E-state index >= 15 is 0 Å². The standard InChI is InChI=1S/C24H35NO/c1-15(2)19-9-21(12-23(25)11-19)17(5)7-8-18(6)22-10-20(16(3)4)13-24(26)14-22/h9-18,26H,7-8,25H2,1-6H3. The molecule has 0 aromatic heterocycles. The number of hydrogen-bond donors (Lipinski definition) is 2. The quantitative estimate of drug-likeness (QED) is 0.531. The smallest absolute Gasteiger partial charge is 0.116 e. The lowest BCUT2D eigenvalue weighted by molar-refractivity contribution is 0.471. The molecule has 0 heterocycles. The zero-order valence-electron chi connectivity index (χ0n) is 17.2. The molecule has 142 valence electrons. The van der Waals surface area contributed by atoms with Crippen molar-refractivity contribution in [2.24, 2.45) is 0 Å². The van der Waals surface area contributed by atoms with E-state index in [-0.39, 0.29) is 0 Å². The highest BCUT2D eigenvalue weighted by atomic mass is 16.3. The van der Waals surface area contributed by atoms with Gasteiger partial charge >= 0.3 is 0 Å². The van der Waals surface area contributed by atoms with E-state index in [9.17, 15) is 5.11 Å². The molecule has 3 N–H and O–H groups in total. The SMILES string of the molecule is CC(C)c1cc(N)cc(C(C)CCC(C)c2cc(O)cc(C(C)C)c2)c1. The van der Waals surface area contributed by atoms with Crippen LogP contribution in [0.4, 0.5) is 5.69 Å². The Balaban J connectivity index is 2.08. The average Bonchev–Trinajstić information content (AvgIpc) is 2.58. The van der Waals surface area contributed by atoms with Crippen LogP contribution < -0.4 is 5.73 Å². The van der Waals surface area contributed by atoms with Crippen LogP contribution in [0.1, 0.15) is 100 Å². The lowest BCUT2D eigenvalue weighted by Crippen LogP contribution is -2.02.